The minimum Gasteiger partial charge on any atom is -0.312 e. The van der Waals surface area contributed by atoms with E-state index in [0.29, 0.717) is 29.5 Å². The second-order valence-electron chi connectivity index (χ2n) is 6.83. The molecular formula is C17H20N4O2S. The Labute approximate surface area is 145 Å². The summed E-state index contributed by atoms with van der Waals surface area (Å²) in [6, 6.07) is 7.11. The number of hydrogen-bond donors (Lipinski definition) is 1. The summed E-state index contributed by atoms with van der Waals surface area (Å²) in [5, 5.41) is 3.26. The molecule has 2 amide bonds. The van der Waals surface area contributed by atoms with Crippen molar-refractivity contribution in [1.29, 1.82) is 0 Å². The predicted octanol–water partition coefficient (Wildman–Crippen LogP) is 3.21. The van der Waals surface area contributed by atoms with Crippen molar-refractivity contribution < 1.29 is 9.59 Å². The Morgan fingerprint density at radius 3 is 2.75 bits per heavy atom. The van der Waals surface area contributed by atoms with Gasteiger partial charge in [-0.25, -0.2) is 4.98 Å². The van der Waals surface area contributed by atoms with Crippen LogP contribution in [0.25, 0.3) is 0 Å². The number of nitrogens with zero attached hydrogens (tertiary/aromatic N) is 3. The Bertz CT molecular complexity index is 779. The largest absolute Gasteiger partial charge is 0.312 e. The highest BCUT2D eigenvalue weighted by Gasteiger charge is 2.23. The Hall–Kier alpha value is -2.28. The standard InChI is InChI=1S/C17H20N4O2S/c1-17(2,3)15-19-16(24-20-15)18-14(23)11-6-4-7-12(10-11)21-9-5-8-13(21)22/h4,6-7,10H,5,8-9H2,1-3H3,(H,18,19,20,23). The minimum absolute atomic E-state index is 0.103. The van der Waals surface area contributed by atoms with E-state index in [0.717, 1.165) is 12.1 Å². The molecule has 24 heavy (non-hydrogen) atoms. The molecule has 1 aromatic heterocycles. The Balaban J connectivity index is 1.76. The number of carbonyl (C=O) groups is 2. The second kappa shape index (κ2) is 6.32. The number of rotatable bonds is 3. The topological polar surface area (TPSA) is 75.2 Å². The van der Waals surface area contributed by atoms with Crippen LogP contribution in [0.2, 0.25) is 0 Å². The summed E-state index contributed by atoms with van der Waals surface area (Å²) in [6.45, 7) is 6.78. The normalized spacial score (nSPS) is 15.0. The summed E-state index contributed by atoms with van der Waals surface area (Å²) in [6.07, 6.45) is 1.42. The lowest BCUT2D eigenvalue weighted by Gasteiger charge is -2.16. The maximum absolute atomic E-state index is 12.4. The van der Waals surface area contributed by atoms with Crippen LogP contribution in [0.1, 0.15) is 49.8 Å². The third kappa shape index (κ3) is 3.46. The first-order valence-electron chi connectivity index (χ1n) is 7.90. The Morgan fingerprint density at radius 2 is 2.12 bits per heavy atom. The van der Waals surface area contributed by atoms with Gasteiger partial charge in [0.1, 0.15) is 5.82 Å². The fraction of sp³-hybridized carbons (Fsp3) is 0.412. The van der Waals surface area contributed by atoms with E-state index in [9.17, 15) is 9.59 Å². The van der Waals surface area contributed by atoms with Gasteiger partial charge in [0.05, 0.1) is 0 Å². The molecule has 0 unspecified atom stereocenters. The van der Waals surface area contributed by atoms with Gasteiger partial charge in [0, 0.05) is 41.2 Å². The van der Waals surface area contributed by atoms with Crippen LogP contribution in [0, 0.1) is 0 Å². The average molecular weight is 344 g/mol. The molecule has 126 valence electrons. The van der Waals surface area contributed by atoms with E-state index in [1.807, 2.05) is 26.8 Å². The molecule has 2 aromatic rings. The van der Waals surface area contributed by atoms with Gasteiger partial charge in [-0.1, -0.05) is 26.8 Å². The lowest BCUT2D eigenvalue weighted by molar-refractivity contribution is -0.117. The fourth-order valence-corrected chi connectivity index (χ4v) is 3.24. The molecule has 0 bridgehead atoms. The summed E-state index contributed by atoms with van der Waals surface area (Å²) < 4.78 is 4.29. The molecule has 1 saturated heterocycles. The van der Waals surface area contributed by atoms with Crippen LogP contribution in [0.15, 0.2) is 24.3 Å². The molecule has 1 N–H and O–H groups in total. The molecule has 1 fully saturated rings. The van der Waals surface area contributed by atoms with Crippen LogP contribution < -0.4 is 10.2 Å². The van der Waals surface area contributed by atoms with Gasteiger partial charge in [0.15, 0.2) is 0 Å². The molecule has 1 aromatic carbocycles. The van der Waals surface area contributed by atoms with E-state index < -0.39 is 0 Å². The molecule has 0 atom stereocenters. The minimum atomic E-state index is -0.250. The molecule has 3 rings (SSSR count). The number of benzene rings is 1. The van der Waals surface area contributed by atoms with E-state index in [-0.39, 0.29) is 17.2 Å². The SMILES string of the molecule is CC(C)(C)c1nsc(NC(=O)c2cccc(N3CCCC3=O)c2)n1. The molecule has 0 spiro atoms. The summed E-state index contributed by atoms with van der Waals surface area (Å²) in [7, 11) is 0. The van der Waals surface area contributed by atoms with Gasteiger partial charge in [-0.2, -0.15) is 4.37 Å². The van der Waals surface area contributed by atoms with Gasteiger partial charge in [-0.3, -0.25) is 14.9 Å². The van der Waals surface area contributed by atoms with E-state index in [1.165, 1.54) is 11.5 Å². The fourth-order valence-electron chi connectivity index (χ4n) is 2.48. The van der Waals surface area contributed by atoms with Crippen molar-refractivity contribution in [3.05, 3.63) is 35.7 Å². The maximum Gasteiger partial charge on any atom is 0.257 e. The number of anilines is 2. The molecule has 2 heterocycles. The molecular weight excluding hydrogens is 324 g/mol. The van der Waals surface area contributed by atoms with E-state index >= 15 is 0 Å². The average Bonchev–Trinajstić information content (AvgIpc) is 3.16. The summed E-state index contributed by atoms with van der Waals surface area (Å²) in [5.41, 5.74) is 1.10. The van der Waals surface area contributed by atoms with Crippen molar-refractivity contribution in [2.45, 2.75) is 39.0 Å². The number of nitrogens with one attached hydrogen (secondary N) is 1. The summed E-state index contributed by atoms with van der Waals surface area (Å²) >= 11 is 1.17. The van der Waals surface area contributed by atoms with Crippen LogP contribution in [-0.4, -0.2) is 27.7 Å². The summed E-state index contributed by atoms with van der Waals surface area (Å²) in [4.78, 5) is 30.4. The quantitative estimate of drug-likeness (QED) is 0.928. The molecule has 1 aliphatic heterocycles. The molecule has 0 aliphatic carbocycles. The zero-order valence-corrected chi connectivity index (χ0v) is 14.8. The summed E-state index contributed by atoms with van der Waals surface area (Å²) in [5.74, 6) is 0.561. The van der Waals surface area contributed by atoms with Crippen LogP contribution in [0.4, 0.5) is 10.8 Å². The van der Waals surface area contributed by atoms with Gasteiger partial charge in [-0.15, -0.1) is 0 Å². The number of aromatic nitrogens is 2. The molecule has 7 heteroatoms. The number of hydrogen-bond acceptors (Lipinski definition) is 5. The third-order valence-corrected chi connectivity index (χ3v) is 4.44. The number of amides is 2. The lowest BCUT2D eigenvalue weighted by atomic mass is 9.96. The van der Waals surface area contributed by atoms with E-state index in [1.54, 1.807) is 23.1 Å². The van der Waals surface area contributed by atoms with E-state index in [4.69, 9.17) is 0 Å². The van der Waals surface area contributed by atoms with Crippen LogP contribution in [-0.2, 0) is 10.2 Å². The van der Waals surface area contributed by atoms with Crippen LogP contribution in [0.3, 0.4) is 0 Å². The van der Waals surface area contributed by atoms with E-state index in [2.05, 4.69) is 14.7 Å². The molecule has 6 nitrogen and oxygen atoms in total. The Morgan fingerprint density at radius 1 is 1.33 bits per heavy atom. The lowest BCUT2D eigenvalue weighted by Crippen LogP contribution is -2.24. The maximum atomic E-state index is 12.4. The van der Waals surface area contributed by atoms with Gasteiger partial charge >= 0.3 is 0 Å². The first-order chi connectivity index (χ1) is 11.3. The van der Waals surface area contributed by atoms with Crippen molar-refractivity contribution in [3.63, 3.8) is 0 Å². The van der Waals surface area contributed by atoms with Crippen molar-refractivity contribution in [1.82, 2.24) is 9.36 Å². The van der Waals surface area contributed by atoms with Gasteiger partial charge in [0.25, 0.3) is 5.91 Å². The smallest absolute Gasteiger partial charge is 0.257 e. The zero-order valence-electron chi connectivity index (χ0n) is 14.0. The van der Waals surface area contributed by atoms with Crippen LogP contribution in [0.5, 0.6) is 0 Å². The van der Waals surface area contributed by atoms with Crippen molar-refractivity contribution in [2.24, 2.45) is 0 Å². The van der Waals surface area contributed by atoms with Crippen molar-refractivity contribution >= 4 is 34.2 Å². The van der Waals surface area contributed by atoms with Crippen molar-refractivity contribution in [3.8, 4) is 0 Å². The van der Waals surface area contributed by atoms with Gasteiger partial charge < -0.3 is 4.90 Å². The zero-order chi connectivity index (χ0) is 17.3. The molecule has 1 aliphatic rings. The highest BCUT2D eigenvalue weighted by molar-refractivity contribution is 7.09. The van der Waals surface area contributed by atoms with Gasteiger partial charge in [0.2, 0.25) is 11.0 Å². The molecule has 0 saturated carbocycles. The monoisotopic (exact) mass is 344 g/mol. The predicted molar refractivity (Wildman–Crippen MR) is 94.6 cm³/mol. The highest BCUT2D eigenvalue weighted by atomic mass is 32.1. The third-order valence-electron chi connectivity index (χ3n) is 3.81. The second-order valence-corrected chi connectivity index (χ2v) is 7.58. The molecule has 0 radical (unpaired) electrons. The first kappa shape index (κ1) is 16.6. The van der Waals surface area contributed by atoms with Crippen molar-refractivity contribution in [2.75, 3.05) is 16.8 Å². The van der Waals surface area contributed by atoms with Crippen LogP contribution >= 0.6 is 11.5 Å². The first-order valence-corrected chi connectivity index (χ1v) is 8.68. The highest BCUT2D eigenvalue weighted by Crippen LogP contribution is 2.25. The van der Waals surface area contributed by atoms with Gasteiger partial charge in [-0.05, 0) is 24.6 Å². The Kier molecular flexibility index (Phi) is 4.36. The number of carbonyl (C=O) groups excluding carboxylic acids is 2.